The summed E-state index contributed by atoms with van der Waals surface area (Å²) in [4.78, 5) is 11.8. The molecule has 3 unspecified atom stereocenters. The molecule has 1 aromatic rings. The van der Waals surface area contributed by atoms with Gasteiger partial charge in [-0.05, 0) is 43.4 Å². The van der Waals surface area contributed by atoms with Gasteiger partial charge < -0.3 is 15.8 Å². The van der Waals surface area contributed by atoms with E-state index in [0.29, 0.717) is 19.1 Å². The van der Waals surface area contributed by atoms with Gasteiger partial charge in [0.1, 0.15) is 0 Å². The van der Waals surface area contributed by atoms with Gasteiger partial charge >= 0.3 is 0 Å². The molecule has 0 bridgehead atoms. The molecule has 3 N–H and O–H groups in total. The van der Waals surface area contributed by atoms with E-state index < -0.39 is 0 Å². The van der Waals surface area contributed by atoms with Crippen molar-refractivity contribution in [3.63, 3.8) is 0 Å². The van der Waals surface area contributed by atoms with E-state index in [-0.39, 0.29) is 11.9 Å². The van der Waals surface area contributed by atoms with Crippen molar-refractivity contribution in [1.82, 2.24) is 0 Å². The minimum absolute atomic E-state index is 0.0471. The minimum Gasteiger partial charge on any atom is -0.374 e. The number of hydrogen-bond donors (Lipinski definition) is 2. The van der Waals surface area contributed by atoms with Gasteiger partial charge in [0, 0.05) is 18.2 Å². The molecule has 22 heavy (non-hydrogen) atoms. The van der Waals surface area contributed by atoms with E-state index in [9.17, 15) is 4.79 Å². The summed E-state index contributed by atoms with van der Waals surface area (Å²) in [6.07, 6.45) is 5.61. The van der Waals surface area contributed by atoms with E-state index in [1.165, 1.54) is 12.8 Å². The van der Waals surface area contributed by atoms with E-state index in [0.717, 1.165) is 30.0 Å². The number of ether oxygens (including phenoxy) is 1. The van der Waals surface area contributed by atoms with Gasteiger partial charge in [-0.2, -0.15) is 0 Å². The molecule has 1 amide bonds. The molecule has 0 spiro atoms. The first kappa shape index (κ1) is 17.0. The van der Waals surface area contributed by atoms with Gasteiger partial charge in [0.15, 0.2) is 0 Å². The van der Waals surface area contributed by atoms with Crippen LogP contribution in [0.15, 0.2) is 24.3 Å². The van der Waals surface area contributed by atoms with Crippen molar-refractivity contribution >= 4 is 11.6 Å². The molecular weight excluding hydrogens is 276 g/mol. The second kappa shape index (κ2) is 8.30. The molecule has 4 nitrogen and oxygen atoms in total. The fourth-order valence-electron chi connectivity index (χ4n) is 2.99. The van der Waals surface area contributed by atoms with Crippen LogP contribution >= 0.6 is 0 Å². The third-order valence-corrected chi connectivity index (χ3v) is 4.09. The summed E-state index contributed by atoms with van der Waals surface area (Å²) in [7, 11) is 0. The van der Waals surface area contributed by atoms with Crippen molar-refractivity contribution in [2.45, 2.75) is 64.7 Å². The summed E-state index contributed by atoms with van der Waals surface area (Å²) in [6.45, 7) is 4.73. The number of amides is 1. The maximum Gasteiger partial charge on any atom is 0.225 e. The van der Waals surface area contributed by atoms with E-state index >= 15 is 0 Å². The second-order valence-electron chi connectivity index (χ2n) is 6.63. The lowest BCUT2D eigenvalue weighted by atomic mass is 9.89. The van der Waals surface area contributed by atoms with E-state index in [4.69, 9.17) is 10.5 Å². The van der Waals surface area contributed by atoms with Crippen LogP contribution in [0.25, 0.3) is 0 Å². The second-order valence-corrected chi connectivity index (χ2v) is 6.63. The third-order valence-electron chi connectivity index (χ3n) is 4.09. The number of nitrogens with one attached hydrogen (secondary N) is 1. The molecule has 1 aliphatic rings. The highest BCUT2D eigenvalue weighted by Crippen LogP contribution is 2.26. The summed E-state index contributed by atoms with van der Waals surface area (Å²) >= 11 is 0. The third kappa shape index (κ3) is 5.78. The van der Waals surface area contributed by atoms with E-state index in [1.54, 1.807) is 0 Å². The Morgan fingerprint density at radius 3 is 3.00 bits per heavy atom. The lowest BCUT2D eigenvalue weighted by Crippen LogP contribution is -2.24. The summed E-state index contributed by atoms with van der Waals surface area (Å²) in [5, 5.41) is 2.88. The minimum atomic E-state index is -0.125. The van der Waals surface area contributed by atoms with Gasteiger partial charge in [0.05, 0.1) is 12.7 Å². The number of anilines is 1. The summed E-state index contributed by atoms with van der Waals surface area (Å²) in [6, 6.07) is 7.73. The SMILES string of the molecule is CC(N)CC(=O)Nc1cccc(COC2CCCC(C)C2)c1. The van der Waals surface area contributed by atoms with Crippen LogP contribution in [0.3, 0.4) is 0 Å². The lowest BCUT2D eigenvalue weighted by molar-refractivity contribution is -0.116. The Hall–Kier alpha value is -1.39. The highest BCUT2D eigenvalue weighted by atomic mass is 16.5. The molecule has 0 aliphatic heterocycles. The lowest BCUT2D eigenvalue weighted by Gasteiger charge is -2.26. The Bertz CT molecular complexity index is 488. The first-order valence-corrected chi connectivity index (χ1v) is 8.29. The molecule has 0 aromatic heterocycles. The van der Waals surface area contributed by atoms with Crippen LogP contribution in [0.4, 0.5) is 5.69 Å². The Balaban J connectivity index is 1.84. The number of carbonyl (C=O) groups is 1. The average molecular weight is 304 g/mol. The van der Waals surface area contributed by atoms with Crippen molar-refractivity contribution in [3.05, 3.63) is 29.8 Å². The van der Waals surface area contributed by atoms with Gasteiger partial charge in [-0.3, -0.25) is 4.79 Å². The summed E-state index contributed by atoms with van der Waals surface area (Å²) in [5.41, 5.74) is 7.54. The van der Waals surface area contributed by atoms with Gasteiger partial charge in [-0.25, -0.2) is 0 Å². The van der Waals surface area contributed by atoms with Crippen LogP contribution < -0.4 is 11.1 Å². The zero-order valence-electron chi connectivity index (χ0n) is 13.7. The molecule has 2 rings (SSSR count). The van der Waals surface area contributed by atoms with Crippen molar-refractivity contribution in [2.75, 3.05) is 5.32 Å². The predicted octanol–water partition coefficient (Wildman–Crippen LogP) is 3.46. The van der Waals surface area contributed by atoms with Gasteiger partial charge in [0.25, 0.3) is 0 Å². The van der Waals surface area contributed by atoms with Crippen molar-refractivity contribution in [3.8, 4) is 0 Å². The molecule has 1 saturated carbocycles. The highest BCUT2D eigenvalue weighted by Gasteiger charge is 2.19. The van der Waals surface area contributed by atoms with Gasteiger partial charge in [0.2, 0.25) is 5.91 Å². The van der Waals surface area contributed by atoms with Crippen LogP contribution in [0.2, 0.25) is 0 Å². The normalized spacial score (nSPS) is 23.0. The molecule has 3 atom stereocenters. The Kier molecular flexibility index (Phi) is 6.40. The molecule has 0 saturated heterocycles. The van der Waals surface area contributed by atoms with Crippen LogP contribution in [0.5, 0.6) is 0 Å². The highest BCUT2D eigenvalue weighted by molar-refractivity contribution is 5.91. The molecule has 1 fully saturated rings. The Labute approximate surface area is 133 Å². The van der Waals surface area contributed by atoms with Gasteiger partial charge in [-0.15, -0.1) is 0 Å². The first-order valence-electron chi connectivity index (χ1n) is 8.29. The van der Waals surface area contributed by atoms with Crippen molar-refractivity contribution in [2.24, 2.45) is 11.7 Å². The molecular formula is C18H28N2O2. The molecule has 1 aliphatic carbocycles. The summed E-state index contributed by atoms with van der Waals surface area (Å²) in [5.74, 6) is 0.719. The van der Waals surface area contributed by atoms with Crippen molar-refractivity contribution < 1.29 is 9.53 Å². The topological polar surface area (TPSA) is 64.4 Å². The first-order chi connectivity index (χ1) is 10.5. The van der Waals surface area contributed by atoms with Crippen LogP contribution in [-0.4, -0.2) is 18.1 Å². The van der Waals surface area contributed by atoms with Gasteiger partial charge in [-0.1, -0.05) is 31.9 Å². The largest absolute Gasteiger partial charge is 0.374 e. The molecule has 122 valence electrons. The zero-order chi connectivity index (χ0) is 15.9. The fourth-order valence-corrected chi connectivity index (χ4v) is 2.99. The fraction of sp³-hybridized carbons (Fsp3) is 0.611. The number of nitrogens with two attached hydrogens (primary N) is 1. The van der Waals surface area contributed by atoms with Crippen LogP contribution in [0.1, 0.15) is 51.5 Å². The maximum atomic E-state index is 11.8. The van der Waals surface area contributed by atoms with Crippen LogP contribution in [0, 0.1) is 5.92 Å². The maximum absolute atomic E-state index is 11.8. The number of carbonyl (C=O) groups excluding carboxylic acids is 1. The Morgan fingerprint density at radius 2 is 2.27 bits per heavy atom. The van der Waals surface area contributed by atoms with E-state index in [2.05, 4.69) is 12.2 Å². The molecule has 0 radical (unpaired) electrons. The number of rotatable bonds is 6. The van der Waals surface area contributed by atoms with Crippen LogP contribution in [-0.2, 0) is 16.1 Å². The Morgan fingerprint density at radius 1 is 1.45 bits per heavy atom. The summed E-state index contributed by atoms with van der Waals surface area (Å²) < 4.78 is 6.03. The number of hydrogen-bond acceptors (Lipinski definition) is 3. The molecule has 4 heteroatoms. The zero-order valence-corrected chi connectivity index (χ0v) is 13.7. The molecule has 0 heterocycles. The van der Waals surface area contributed by atoms with E-state index in [1.807, 2.05) is 31.2 Å². The monoisotopic (exact) mass is 304 g/mol. The smallest absolute Gasteiger partial charge is 0.225 e. The quantitative estimate of drug-likeness (QED) is 0.846. The average Bonchev–Trinajstić information content (AvgIpc) is 2.44. The predicted molar refractivity (Wildman–Crippen MR) is 89.5 cm³/mol. The van der Waals surface area contributed by atoms with Crippen molar-refractivity contribution in [1.29, 1.82) is 0 Å². The molecule has 1 aromatic carbocycles. The standard InChI is InChI=1S/C18H28N2O2/c1-13-5-3-8-17(9-13)22-12-15-6-4-7-16(11-15)20-18(21)10-14(2)19/h4,6-7,11,13-14,17H,3,5,8-10,12,19H2,1-2H3,(H,20,21). The number of benzene rings is 1.